The van der Waals surface area contributed by atoms with Crippen molar-refractivity contribution in [2.24, 2.45) is 0 Å². The van der Waals surface area contributed by atoms with Crippen LogP contribution >= 0.6 is 11.6 Å². The van der Waals surface area contributed by atoms with Crippen LogP contribution in [0.5, 0.6) is 11.5 Å². The summed E-state index contributed by atoms with van der Waals surface area (Å²) in [6, 6.07) is 10.3. The van der Waals surface area contributed by atoms with Crippen LogP contribution in [0.25, 0.3) is 0 Å². The van der Waals surface area contributed by atoms with E-state index in [0.29, 0.717) is 12.4 Å². The number of hydrogen-bond donors (Lipinski definition) is 1. The van der Waals surface area contributed by atoms with Crippen molar-refractivity contribution in [3.05, 3.63) is 53.1 Å². The highest BCUT2D eigenvalue weighted by Gasteiger charge is 2.39. The SMILES string of the molecule is O=C(N[C@@H](C(=O)N1CCOCC1)S(=O)(=O)c1ccc2c(c1)OCCO2)c1ccccc1Cl. The van der Waals surface area contributed by atoms with E-state index in [-0.39, 0.29) is 54.1 Å². The molecule has 2 aliphatic rings. The maximum absolute atomic E-state index is 13.5. The van der Waals surface area contributed by atoms with E-state index in [1.807, 2.05) is 0 Å². The molecule has 1 saturated heterocycles. The van der Waals surface area contributed by atoms with Crippen LogP contribution in [0.4, 0.5) is 0 Å². The normalized spacial score (nSPS) is 16.8. The first-order chi connectivity index (χ1) is 15.4. The number of rotatable bonds is 5. The summed E-state index contributed by atoms with van der Waals surface area (Å²) in [6.07, 6.45) is 0. The molecular weight excluding hydrogens is 460 g/mol. The molecule has 11 heteroatoms. The van der Waals surface area contributed by atoms with E-state index < -0.39 is 27.0 Å². The topological polar surface area (TPSA) is 111 Å². The number of carbonyl (C=O) groups is 2. The highest BCUT2D eigenvalue weighted by atomic mass is 35.5. The number of nitrogens with one attached hydrogen (secondary N) is 1. The number of ether oxygens (including phenoxy) is 3. The molecule has 32 heavy (non-hydrogen) atoms. The summed E-state index contributed by atoms with van der Waals surface area (Å²) < 4.78 is 43.2. The molecule has 9 nitrogen and oxygen atoms in total. The summed E-state index contributed by atoms with van der Waals surface area (Å²) in [4.78, 5) is 27.3. The fraction of sp³-hybridized carbons (Fsp3) is 0.333. The Hall–Kier alpha value is -2.82. The Bertz CT molecular complexity index is 1130. The average Bonchev–Trinajstić information content (AvgIpc) is 2.82. The molecule has 4 rings (SSSR count). The Kier molecular flexibility index (Phi) is 6.54. The standard InChI is InChI=1S/C21H21ClN2O7S/c22-16-4-2-1-3-15(16)19(25)23-20(21(26)24-7-9-29-10-8-24)32(27,28)14-5-6-17-18(13-14)31-12-11-30-17/h1-6,13,20H,7-12H2,(H,23,25)/t20-/m1/s1. The Morgan fingerprint density at radius 2 is 1.66 bits per heavy atom. The summed E-state index contributed by atoms with van der Waals surface area (Å²) in [5, 5.41) is 0.658. The highest BCUT2D eigenvalue weighted by Crippen LogP contribution is 2.33. The molecule has 2 aliphatic heterocycles. The molecule has 1 atom stereocenters. The molecule has 2 aromatic rings. The minimum absolute atomic E-state index is 0.0614. The van der Waals surface area contributed by atoms with Gasteiger partial charge >= 0.3 is 0 Å². The molecule has 2 heterocycles. The van der Waals surface area contributed by atoms with Gasteiger partial charge in [0.1, 0.15) is 13.2 Å². The van der Waals surface area contributed by atoms with Crippen LogP contribution in [0.15, 0.2) is 47.4 Å². The van der Waals surface area contributed by atoms with Crippen molar-refractivity contribution < 1.29 is 32.2 Å². The summed E-state index contributed by atoms with van der Waals surface area (Å²) >= 11 is 6.09. The zero-order valence-corrected chi connectivity index (χ0v) is 18.5. The Labute approximate surface area is 190 Å². The molecule has 0 radical (unpaired) electrons. The third-order valence-electron chi connectivity index (χ3n) is 5.08. The summed E-state index contributed by atoms with van der Waals surface area (Å²) in [7, 11) is -4.34. The number of fused-ring (bicyclic) bond motifs is 1. The molecule has 0 spiro atoms. The van der Waals surface area contributed by atoms with Crippen LogP contribution in [0.1, 0.15) is 10.4 Å². The molecule has 0 aliphatic carbocycles. The molecule has 1 fully saturated rings. The Morgan fingerprint density at radius 3 is 2.38 bits per heavy atom. The first-order valence-corrected chi connectivity index (χ1v) is 11.9. The molecule has 2 amide bonds. The van der Waals surface area contributed by atoms with Gasteiger partial charge in [-0.15, -0.1) is 0 Å². The summed E-state index contributed by atoms with van der Waals surface area (Å²) in [6.45, 7) is 1.62. The third-order valence-corrected chi connectivity index (χ3v) is 7.26. The van der Waals surface area contributed by atoms with Crippen LogP contribution in [0.3, 0.4) is 0 Å². The van der Waals surface area contributed by atoms with Gasteiger partial charge in [-0.25, -0.2) is 8.42 Å². The Balaban J connectivity index is 1.70. The lowest BCUT2D eigenvalue weighted by atomic mass is 10.2. The fourth-order valence-electron chi connectivity index (χ4n) is 3.40. The smallest absolute Gasteiger partial charge is 0.261 e. The number of amides is 2. The van der Waals surface area contributed by atoms with Crippen LogP contribution in [0.2, 0.25) is 5.02 Å². The summed E-state index contributed by atoms with van der Waals surface area (Å²) in [5.74, 6) is -0.856. The van der Waals surface area contributed by atoms with Crippen LogP contribution in [-0.4, -0.2) is 70.0 Å². The maximum atomic E-state index is 13.5. The quantitative estimate of drug-likeness (QED) is 0.690. The van der Waals surface area contributed by atoms with Gasteiger partial charge in [0.05, 0.1) is 28.7 Å². The van der Waals surface area contributed by atoms with Crippen molar-refractivity contribution in [2.45, 2.75) is 10.3 Å². The molecule has 170 valence electrons. The van der Waals surface area contributed by atoms with E-state index in [2.05, 4.69) is 5.32 Å². The fourth-order valence-corrected chi connectivity index (χ4v) is 5.10. The highest BCUT2D eigenvalue weighted by molar-refractivity contribution is 7.92. The largest absolute Gasteiger partial charge is 0.486 e. The van der Waals surface area contributed by atoms with Crippen LogP contribution < -0.4 is 14.8 Å². The molecule has 0 aromatic heterocycles. The number of nitrogens with zero attached hydrogens (tertiary/aromatic N) is 1. The zero-order chi connectivity index (χ0) is 22.7. The maximum Gasteiger partial charge on any atom is 0.261 e. The molecule has 1 N–H and O–H groups in total. The number of morpholine rings is 1. The zero-order valence-electron chi connectivity index (χ0n) is 17.0. The van der Waals surface area contributed by atoms with Gasteiger partial charge in [0.25, 0.3) is 11.8 Å². The second kappa shape index (κ2) is 9.35. The number of carbonyl (C=O) groups excluding carboxylic acids is 2. The average molecular weight is 481 g/mol. The number of halogens is 1. The first-order valence-electron chi connectivity index (χ1n) is 9.93. The van der Waals surface area contributed by atoms with E-state index in [0.717, 1.165) is 0 Å². The molecule has 0 saturated carbocycles. The van der Waals surface area contributed by atoms with Crippen molar-refractivity contribution >= 4 is 33.3 Å². The predicted octanol–water partition coefficient (Wildman–Crippen LogP) is 1.50. The minimum atomic E-state index is -4.34. The van der Waals surface area contributed by atoms with Gasteiger partial charge in [-0.05, 0) is 24.3 Å². The third kappa shape index (κ3) is 4.52. The van der Waals surface area contributed by atoms with E-state index in [9.17, 15) is 18.0 Å². The number of benzene rings is 2. The first kappa shape index (κ1) is 22.4. The lowest BCUT2D eigenvalue weighted by molar-refractivity contribution is -0.135. The predicted molar refractivity (Wildman–Crippen MR) is 115 cm³/mol. The second-order valence-electron chi connectivity index (χ2n) is 7.12. The van der Waals surface area contributed by atoms with Gasteiger partial charge in [-0.1, -0.05) is 23.7 Å². The van der Waals surface area contributed by atoms with Gasteiger partial charge in [-0.2, -0.15) is 0 Å². The molecule has 2 aromatic carbocycles. The van der Waals surface area contributed by atoms with Gasteiger partial charge in [0, 0.05) is 19.2 Å². The van der Waals surface area contributed by atoms with Crippen molar-refractivity contribution in [3.63, 3.8) is 0 Å². The van der Waals surface area contributed by atoms with Crippen molar-refractivity contribution in [1.82, 2.24) is 10.2 Å². The van der Waals surface area contributed by atoms with E-state index in [1.165, 1.54) is 35.2 Å². The van der Waals surface area contributed by atoms with E-state index in [1.54, 1.807) is 12.1 Å². The lowest BCUT2D eigenvalue weighted by Crippen LogP contribution is -2.55. The van der Waals surface area contributed by atoms with Crippen LogP contribution in [-0.2, 0) is 19.4 Å². The van der Waals surface area contributed by atoms with Gasteiger partial charge in [0.15, 0.2) is 11.5 Å². The van der Waals surface area contributed by atoms with Gasteiger partial charge < -0.3 is 24.4 Å². The molecule has 0 bridgehead atoms. The minimum Gasteiger partial charge on any atom is -0.486 e. The number of hydrogen-bond acceptors (Lipinski definition) is 7. The summed E-state index contributed by atoms with van der Waals surface area (Å²) in [5.41, 5.74) is 0.0614. The van der Waals surface area contributed by atoms with Crippen LogP contribution in [0, 0.1) is 0 Å². The van der Waals surface area contributed by atoms with Crippen molar-refractivity contribution in [3.8, 4) is 11.5 Å². The second-order valence-corrected chi connectivity index (χ2v) is 9.56. The van der Waals surface area contributed by atoms with Gasteiger partial charge in [0.2, 0.25) is 15.2 Å². The molecule has 0 unspecified atom stereocenters. The van der Waals surface area contributed by atoms with E-state index in [4.69, 9.17) is 25.8 Å². The number of sulfone groups is 1. The monoisotopic (exact) mass is 480 g/mol. The van der Waals surface area contributed by atoms with Crippen molar-refractivity contribution in [1.29, 1.82) is 0 Å². The van der Waals surface area contributed by atoms with Crippen molar-refractivity contribution in [2.75, 3.05) is 39.5 Å². The van der Waals surface area contributed by atoms with E-state index >= 15 is 0 Å². The molecular formula is C21H21ClN2O7S. The Morgan fingerprint density at radius 1 is 0.969 bits per heavy atom. The van der Waals surface area contributed by atoms with Gasteiger partial charge in [-0.3, -0.25) is 9.59 Å². The lowest BCUT2D eigenvalue weighted by Gasteiger charge is -2.30.